The Bertz CT molecular complexity index is 553. The van der Waals surface area contributed by atoms with Crippen molar-refractivity contribution in [2.24, 2.45) is 0 Å². The average molecular weight is 328 g/mol. The van der Waals surface area contributed by atoms with E-state index in [4.69, 9.17) is 9.47 Å². The summed E-state index contributed by atoms with van der Waals surface area (Å²) in [6, 6.07) is 17.2. The van der Waals surface area contributed by atoms with Gasteiger partial charge in [-0.15, -0.1) is 0 Å². The number of ether oxygens (including phenoxy) is 2. The van der Waals surface area contributed by atoms with Crippen molar-refractivity contribution in [1.82, 2.24) is 0 Å². The highest BCUT2D eigenvalue weighted by atomic mass is 16.7. The molecule has 0 saturated carbocycles. The van der Waals surface area contributed by atoms with E-state index in [-0.39, 0.29) is 6.29 Å². The molecular weight excluding hydrogens is 304 g/mol. The van der Waals surface area contributed by atoms with Gasteiger partial charge < -0.3 is 9.47 Å². The van der Waals surface area contributed by atoms with Crippen molar-refractivity contribution in [1.29, 1.82) is 0 Å². The third kappa shape index (κ3) is 6.86. The lowest BCUT2D eigenvalue weighted by Gasteiger charge is -2.09. The molecule has 0 aromatic heterocycles. The number of Topliss-reactive ketones (excluding diaryl/α,β-unsaturated/α-hetero) is 2. The number of hydrogen-bond acceptors (Lipinski definition) is 4. The van der Waals surface area contributed by atoms with E-state index in [9.17, 15) is 9.59 Å². The first kappa shape index (κ1) is 19.7. The van der Waals surface area contributed by atoms with Gasteiger partial charge in [-0.2, -0.15) is 0 Å². The third-order valence-electron chi connectivity index (χ3n) is 3.08. The standard InChI is InChI=1S/C14H10O2.C6H14O2/c15-13(11-7-3-1-4-8-11)14(16)12-9-5-2-6-10-12;1-4-7-6(3)8-5-2/h1-10H;6H,4-5H2,1-3H3. The Morgan fingerprint density at radius 1 is 0.750 bits per heavy atom. The van der Waals surface area contributed by atoms with Gasteiger partial charge in [0.25, 0.3) is 0 Å². The molecule has 0 spiro atoms. The van der Waals surface area contributed by atoms with E-state index in [0.29, 0.717) is 11.1 Å². The van der Waals surface area contributed by atoms with Crippen LogP contribution in [0.4, 0.5) is 0 Å². The van der Waals surface area contributed by atoms with Crippen molar-refractivity contribution in [2.45, 2.75) is 27.1 Å². The van der Waals surface area contributed by atoms with Crippen LogP contribution >= 0.6 is 0 Å². The molecule has 128 valence electrons. The van der Waals surface area contributed by atoms with Crippen LogP contribution in [-0.2, 0) is 9.47 Å². The Kier molecular flexibility index (Phi) is 9.27. The normalized spacial score (nSPS) is 10.0. The summed E-state index contributed by atoms with van der Waals surface area (Å²) in [4.78, 5) is 23.6. The van der Waals surface area contributed by atoms with E-state index >= 15 is 0 Å². The molecule has 0 N–H and O–H groups in total. The molecular formula is C20H24O4. The molecule has 2 aromatic rings. The molecule has 0 radical (unpaired) electrons. The number of benzene rings is 2. The van der Waals surface area contributed by atoms with Crippen molar-refractivity contribution in [3.8, 4) is 0 Å². The van der Waals surface area contributed by atoms with Gasteiger partial charge in [-0.25, -0.2) is 0 Å². The summed E-state index contributed by atoms with van der Waals surface area (Å²) in [5.41, 5.74) is 0.854. The molecule has 0 aliphatic carbocycles. The Morgan fingerprint density at radius 2 is 1.08 bits per heavy atom. The fourth-order valence-electron chi connectivity index (χ4n) is 1.96. The second-order valence-electron chi connectivity index (χ2n) is 4.87. The summed E-state index contributed by atoms with van der Waals surface area (Å²) in [5, 5.41) is 0. The van der Waals surface area contributed by atoms with Crippen molar-refractivity contribution in [3.05, 3.63) is 71.8 Å². The monoisotopic (exact) mass is 328 g/mol. The third-order valence-corrected chi connectivity index (χ3v) is 3.08. The molecule has 0 fully saturated rings. The maximum atomic E-state index is 11.8. The van der Waals surface area contributed by atoms with E-state index in [1.807, 2.05) is 32.9 Å². The summed E-state index contributed by atoms with van der Waals surface area (Å²) in [5.74, 6) is -0.932. The van der Waals surface area contributed by atoms with E-state index in [1.54, 1.807) is 48.5 Å². The largest absolute Gasteiger partial charge is 0.353 e. The highest BCUT2D eigenvalue weighted by Gasteiger charge is 2.16. The summed E-state index contributed by atoms with van der Waals surface area (Å²) in [6.07, 6.45) is -0.0370. The van der Waals surface area contributed by atoms with Crippen molar-refractivity contribution in [2.75, 3.05) is 13.2 Å². The summed E-state index contributed by atoms with van der Waals surface area (Å²) in [7, 11) is 0. The van der Waals surface area contributed by atoms with Crippen LogP contribution in [0.5, 0.6) is 0 Å². The lowest BCUT2D eigenvalue weighted by atomic mass is 10.0. The number of hydrogen-bond donors (Lipinski definition) is 0. The van der Waals surface area contributed by atoms with E-state index in [2.05, 4.69) is 0 Å². The second-order valence-corrected chi connectivity index (χ2v) is 4.87. The SMILES string of the molecule is CCOC(C)OCC.O=C(C(=O)c1ccccc1)c1ccccc1. The van der Waals surface area contributed by atoms with Crippen LogP contribution in [0, 0.1) is 0 Å². The van der Waals surface area contributed by atoms with Gasteiger partial charge in [-0.3, -0.25) is 9.59 Å². The minimum atomic E-state index is -0.466. The van der Waals surface area contributed by atoms with Gasteiger partial charge in [0, 0.05) is 24.3 Å². The molecule has 4 heteroatoms. The quantitative estimate of drug-likeness (QED) is 0.435. The molecule has 0 atom stereocenters. The van der Waals surface area contributed by atoms with E-state index in [0.717, 1.165) is 13.2 Å². The highest BCUT2D eigenvalue weighted by Crippen LogP contribution is 2.07. The van der Waals surface area contributed by atoms with Crippen LogP contribution in [0.1, 0.15) is 41.5 Å². The zero-order valence-electron chi connectivity index (χ0n) is 14.4. The van der Waals surface area contributed by atoms with E-state index < -0.39 is 11.6 Å². The lowest BCUT2D eigenvalue weighted by Crippen LogP contribution is -2.14. The van der Waals surface area contributed by atoms with Crippen LogP contribution in [0.3, 0.4) is 0 Å². The van der Waals surface area contributed by atoms with Gasteiger partial charge >= 0.3 is 0 Å². The summed E-state index contributed by atoms with van der Waals surface area (Å²) in [6.45, 7) is 7.25. The molecule has 0 heterocycles. The van der Waals surface area contributed by atoms with Gasteiger partial charge in [0.15, 0.2) is 6.29 Å². The molecule has 0 aliphatic rings. The molecule has 0 amide bonds. The molecule has 2 aromatic carbocycles. The Morgan fingerprint density at radius 3 is 1.38 bits per heavy atom. The zero-order chi connectivity index (χ0) is 17.8. The van der Waals surface area contributed by atoms with Gasteiger partial charge in [0.1, 0.15) is 0 Å². The average Bonchev–Trinajstić information content (AvgIpc) is 2.63. The number of carbonyl (C=O) groups excluding carboxylic acids is 2. The smallest absolute Gasteiger partial charge is 0.233 e. The minimum absolute atomic E-state index is 0.0370. The maximum absolute atomic E-state index is 11.8. The van der Waals surface area contributed by atoms with Gasteiger partial charge in [0.2, 0.25) is 11.6 Å². The Labute approximate surface area is 143 Å². The van der Waals surface area contributed by atoms with Crippen molar-refractivity contribution in [3.63, 3.8) is 0 Å². The maximum Gasteiger partial charge on any atom is 0.233 e. The summed E-state index contributed by atoms with van der Waals surface area (Å²) < 4.78 is 10.1. The topological polar surface area (TPSA) is 52.6 Å². The Hall–Kier alpha value is -2.30. The molecule has 0 saturated heterocycles. The molecule has 4 nitrogen and oxygen atoms in total. The molecule has 0 unspecified atom stereocenters. The molecule has 24 heavy (non-hydrogen) atoms. The first-order chi connectivity index (χ1) is 11.6. The lowest BCUT2D eigenvalue weighted by molar-refractivity contribution is -0.123. The summed E-state index contributed by atoms with van der Waals surface area (Å²) >= 11 is 0. The van der Waals surface area contributed by atoms with Crippen LogP contribution in [0.25, 0.3) is 0 Å². The second kappa shape index (κ2) is 11.3. The zero-order valence-corrected chi connectivity index (χ0v) is 14.4. The fourth-order valence-corrected chi connectivity index (χ4v) is 1.96. The van der Waals surface area contributed by atoms with Crippen molar-refractivity contribution >= 4 is 11.6 Å². The molecule has 2 rings (SSSR count). The molecule has 0 aliphatic heterocycles. The van der Waals surface area contributed by atoms with Crippen LogP contribution in [0.2, 0.25) is 0 Å². The minimum Gasteiger partial charge on any atom is -0.353 e. The fraction of sp³-hybridized carbons (Fsp3) is 0.300. The first-order valence-electron chi connectivity index (χ1n) is 8.02. The number of rotatable bonds is 7. The predicted octanol–water partition coefficient (Wildman–Crippen LogP) is 4.16. The van der Waals surface area contributed by atoms with Gasteiger partial charge in [-0.05, 0) is 20.8 Å². The van der Waals surface area contributed by atoms with Gasteiger partial charge in [0.05, 0.1) is 0 Å². The molecule has 0 bridgehead atoms. The van der Waals surface area contributed by atoms with E-state index in [1.165, 1.54) is 0 Å². The Balaban J connectivity index is 0.000000307. The van der Waals surface area contributed by atoms with Crippen molar-refractivity contribution < 1.29 is 19.1 Å². The number of ketones is 2. The first-order valence-corrected chi connectivity index (χ1v) is 8.02. The van der Waals surface area contributed by atoms with Crippen LogP contribution < -0.4 is 0 Å². The van der Waals surface area contributed by atoms with Crippen LogP contribution in [0.15, 0.2) is 60.7 Å². The van der Waals surface area contributed by atoms with Crippen LogP contribution in [-0.4, -0.2) is 31.1 Å². The predicted molar refractivity (Wildman–Crippen MR) is 94.3 cm³/mol. The highest BCUT2D eigenvalue weighted by molar-refractivity contribution is 6.49. The van der Waals surface area contributed by atoms with Gasteiger partial charge in [-0.1, -0.05) is 60.7 Å². The number of carbonyl (C=O) groups is 2.